The molecule has 0 aliphatic rings. The summed E-state index contributed by atoms with van der Waals surface area (Å²) in [5.41, 5.74) is 6.66. The maximum absolute atomic E-state index is 13.0. The zero-order chi connectivity index (χ0) is 11.0. The summed E-state index contributed by atoms with van der Waals surface area (Å²) in [7, 11) is 0. The van der Waals surface area contributed by atoms with Crippen molar-refractivity contribution in [3.8, 4) is 0 Å². The predicted octanol–water partition coefficient (Wildman–Crippen LogP) is 2.89. The van der Waals surface area contributed by atoms with Crippen LogP contribution in [0, 0.1) is 5.82 Å². The number of nitrogens with two attached hydrogens (primary N) is 1. The molecule has 0 radical (unpaired) electrons. The minimum absolute atomic E-state index is 0.0652. The summed E-state index contributed by atoms with van der Waals surface area (Å²) in [6.45, 7) is 4.00. The SMILES string of the molecule is CC(N)C(C)c1nc2ccc(F)cc2s1. The molecule has 0 amide bonds. The van der Waals surface area contributed by atoms with E-state index in [1.807, 2.05) is 13.8 Å². The van der Waals surface area contributed by atoms with Crippen LogP contribution in [0.15, 0.2) is 18.2 Å². The third kappa shape index (κ3) is 2.01. The molecule has 1 aromatic carbocycles. The molecule has 1 aromatic heterocycles. The highest BCUT2D eigenvalue weighted by Gasteiger charge is 2.15. The molecule has 2 N–H and O–H groups in total. The number of benzene rings is 1. The van der Waals surface area contributed by atoms with Gasteiger partial charge in [0.15, 0.2) is 0 Å². The Hall–Kier alpha value is -1.000. The largest absolute Gasteiger partial charge is 0.327 e. The van der Waals surface area contributed by atoms with Crippen LogP contribution in [-0.2, 0) is 0 Å². The number of halogens is 1. The summed E-state index contributed by atoms with van der Waals surface area (Å²) < 4.78 is 13.8. The lowest BCUT2D eigenvalue weighted by Crippen LogP contribution is -2.22. The minimum Gasteiger partial charge on any atom is -0.327 e. The first-order valence-electron chi connectivity index (χ1n) is 4.89. The van der Waals surface area contributed by atoms with Crippen molar-refractivity contribution in [2.24, 2.45) is 5.73 Å². The standard InChI is InChI=1S/C11H13FN2S/c1-6(7(2)13)11-14-9-4-3-8(12)5-10(9)15-11/h3-7H,13H2,1-2H3. The van der Waals surface area contributed by atoms with Crippen molar-refractivity contribution < 1.29 is 4.39 Å². The van der Waals surface area contributed by atoms with Crippen molar-refractivity contribution >= 4 is 21.6 Å². The van der Waals surface area contributed by atoms with Crippen LogP contribution in [0.1, 0.15) is 24.8 Å². The Bertz CT molecular complexity index is 478. The molecule has 0 spiro atoms. The average Bonchev–Trinajstić information content (AvgIpc) is 2.58. The van der Waals surface area contributed by atoms with Crippen LogP contribution >= 0.6 is 11.3 Å². The second-order valence-electron chi connectivity index (χ2n) is 3.81. The number of fused-ring (bicyclic) bond motifs is 1. The number of hydrogen-bond donors (Lipinski definition) is 1. The first kappa shape index (κ1) is 10.5. The molecule has 1 heterocycles. The highest BCUT2D eigenvalue weighted by atomic mass is 32.1. The normalized spacial score (nSPS) is 15.5. The fourth-order valence-corrected chi connectivity index (χ4v) is 2.50. The second-order valence-corrected chi connectivity index (χ2v) is 4.87. The number of nitrogens with zero attached hydrogens (tertiary/aromatic N) is 1. The van der Waals surface area contributed by atoms with Crippen molar-refractivity contribution in [2.75, 3.05) is 0 Å². The van der Waals surface area contributed by atoms with Crippen molar-refractivity contribution in [1.29, 1.82) is 0 Å². The van der Waals surface area contributed by atoms with Crippen molar-refractivity contribution in [1.82, 2.24) is 4.98 Å². The molecule has 80 valence electrons. The quantitative estimate of drug-likeness (QED) is 0.851. The van der Waals surface area contributed by atoms with Gasteiger partial charge in [0.2, 0.25) is 0 Å². The lowest BCUT2D eigenvalue weighted by Gasteiger charge is -2.11. The summed E-state index contributed by atoms with van der Waals surface area (Å²) >= 11 is 1.52. The first-order chi connectivity index (χ1) is 7.08. The summed E-state index contributed by atoms with van der Waals surface area (Å²) in [6, 6.07) is 4.72. The van der Waals surface area contributed by atoms with Crippen molar-refractivity contribution in [3.63, 3.8) is 0 Å². The summed E-state index contributed by atoms with van der Waals surface area (Å²) in [6.07, 6.45) is 0. The van der Waals surface area contributed by atoms with E-state index >= 15 is 0 Å². The van der Waals surface area contributed by atoms with Crippen molar-refractivity contribution in [2.45, 2.75) is 25.8 Å². The molecule has 2 aromatic rings. The van der Waals surface area contributed by atoms with Crippen molar-refractivity contribution in [3.05, 3.63) is 29.0 Å². The highest BCUT2D eigenvalue weighted by Crippen LogP contribution is 2.28. The maximum Gasteiger partial charge on any atom is 0.124 e. The molecule has 2 rings (SSSR count). The van der Waals surface area contributed by atoms with E-state index in [9.17, 15) is 4.39 Å². The fourth-order valence-electron chi connectivity index (χ4n) is 1.34. The average molecular weight is 224 g/mol. The maximum atomic E-state index is 13.0. The van der Waals surface area contributed by atoms with E-state index in [2.05, 4.69) is 4.98 Å². The Kier molecular flexibility index (Phi) is 2.71. The lowest BCUT2D eigenvalue weighted by atomic mass is 10.1. The zero-order valence-corrected chi connectivity index (χ0v) is 9.51. The first-order valence-corrected chi connectivity index (χ1v) is 5.71. The number of aromatic nitrogens is 1. The highest BCUT2D eigenvalue weighted by molar-refractivity contribution is 7.18. The molecule has 0 bridgehead atoms. The molecule has 15 heavy (non-hydrogen) atoms. The number of thiazole rings is 1. The van der Waals surface area contributed by atoms with Gasteiger partial charge in [-0.15, -0.1) is 11.3 Å². The molecule has 2 nitrogen and oxygen atoms in total. The smallest absolute Gasteiger partial charge is 0.124 e. The molecule has 0 aliphatic carbocycles. The van der Waals surface area contributed by atoms with Gasteiger partial charge < -0.3 is 5.73 Å². The van der Waals surface area contributed by atoms with E-state index in [1.165, 1.54) is 23.5 Å². The molecule has 0 fully saturated rings. The molecule has 2 unspecified atom stereocenters. The molecule has 2 atom stereocenters. The van der Waals surface area contributed by atoms with Gasteiger partial charge >= 0.3 is 0 Å². The fraction of sp³-hybridized carbons (Fsp3) is 0.364. The van der Waals surface area contributed by atoms with Crippen LogP contribution in [-0.4, -0.2) is 11.0 Å². The topological polar surface area (TPSA) is 38.9 Å². The summed E-state index contributed by atoms with van der Waals surface area (Å²) in [4.78, 5) is 4.45. The molecule has 0 saturated carbocycles. The predicted molar refractivity (Wildman–Crippen MR) is 61.6 cm³/mol. The van der Waals surface area contributed by atoms with Crippen LogP contribution < -0.4 is 5.73 Å². The van der Waals surface area contributed by atoms with E-state index < -0.39 is 0 Å². The number of rotatable bonds is 2. The second kappa shape index (κ2) is 3.87. The summed E-state index contributed by atoms with van der Waals surface area (Å²) in [5.74, 6) is -0.00314. The number of hydrogen-bond acceptors (Lipinski definition) is 3. The molecule has 0 aliphatic heterocycles. The van der Waals surface area contributed by atoms with Gasteiger partial charge in [-0.05, 0) is 25.1 Å². The molecule has 0 saturated heterocycles. The van der Waals surface area contributed by atoms with Crippen LogP contribution in [0.4, 0.5) is 4.39 Å². The van der Waals surface area contributed by atoms with Gasteiger partial charge in [0, 0.05) is 12.0 Å². The van der Waals surface area contributed by atoms with Gasteiger partial charge in [0.25, 0.3) is 0 Å². The van der Waals surface area contributed by atoms with E-state index in [4.69, 9.17) is 5.73 Å². The van der Waals surface area contributed by atoms with E-state index in [0.717, 1.165) is 15.2 Å². The third-order valence-corrected chi connectivity index (χ3v) is 3.76. The Balaban J connectivity index is 2.47. The Morgan fingerprint density at radius 1 is 1.40 bits per heavy atom. The van der Waals surface area contributed by atoms with Gasteiger partial charge in [-0.25, -0.2) is 9.37 Å². The Morgan fingerprint density at radius 3 is 2.80 bits per heavy atom. The van der Waals surface area contributed by atoms with Gasteiger partial charge in [0.05, 0.1) is 15.2 Å². The van der Waals surface area contributed by atoms with Gasteiger partial charge in [-0.2, -0.15) is 0 Å². The van der Waals surface area contributed by atoms with E-state index in [0.29, 0.717) is 0 Å². The van der Waals surface area contributed by atoms with Gasteiger partial charge in [-0.3, -0.25) is 0 Å². The Morgan fingerprint density at radius 2 is 2.13 bits per heavy atom. The van der Waals surface area contributed by atoms with Gasteiger partial charge in [0.1, 0.15) is 5.82 Å². The zero-order valence-electron chi connectivity index (χ0n) is 8.70. The molecular formula is C11H13FN2S. The minimum atomic E-state index is -0.217. The molecular weight excluding hydrogens is 211 g/mol. The van der Waals surface area contributed by atoms with Gasteiger partial charge in [-0.1, -0.05) is 6.92 Å². The van der Waals surface area contributed by atoms with Crippen LogP contribution in [0.5, 0.6) is 0 Å². The third-order valence-electron chi connectivity index (χ3n) is 2.55. The van der Waals surface area contributed by atoms with E-state index in [-0.39, 0.29) is 17.8 Å². The van der Waals surface area contributed by atoms with Crippen LogP contribution in [0.25, 0.3) is 10.2 Å². The lowest BCUT2D eigenvalue weighted by molar-refractivity contribution is 0.611. The van der Waals surface area contributed by atoms with Crippen LogP contribution in [0.2, 0.25) is 0 Å². The van der Waals surface area contributed by atoms with E-state index in [1.54, 1.807) is 6.07 Å². The monoisotopic (exact) mass is 224 g/mol. The Labute approximate surface area is 91.9 Å². The summed E-state index contributed by atoms with van der Waals surface area (Å²) in [5, 5.41) is 0.977. The van der Waals surface area contributed by atoms with Crippen LogP contribution in [0.3, 0.4) is 0 Å². The molecule has 4 heteroatoms.